The molecular formula is C15H20N2O2. The van der Waals surface area contributed by atoms with Crippen LogP contribution in [-0.4, -0.2) is 39.3 Å². The number of hydrogen-bond acceptors (Lipinski definition) is 4. The van der Waals surface area contributed by atoms with Crippen LogP contribution in [0.4, 0.5) is 5.69 Å². The number of ether oxygens (including phenoxy) is 1. The average Bonchev–Trinajstić information content (AvgIpc) is 2.48. The summed E-state index contributed by atoms with van der Waals surface area (Å²) in [6.45, 7) is 4.13. The molecule has 2 rings (SSSR count). The van der Waals surface area contributed by atoms with Crippen molar-refractivity contribution in [2.24, 2.45) is 0 Å². The molecule has 0 saturated carbocycles. The molecule has 0 amide bonds. The molecule has 0 bridgehead atoms. The molecule has 1 aromatic carbocycles. The maximum atomic E-state index is 11.0. The largest absolute Gasteiger partial charge is 0.469 e. The molecule has 19 heavy (non-hydrogen) atoms. The normalized spacial score (nSPS) is 15.7. The third kappa shape index (κ3) is 4.10. The van der Waals surface area contributed by atoms with Crippen LogP contribution < -0.4 is 10.2 Å². The molecule has 1 aliphatic heterocycles. The molecular weight excluding hydrogens is 240 g/mol. The number of nitrogens with zero attached hydrogens (tertiary/aromatic N) is 1. The Kier molecular flexibility index (Phi) is 4.98. The number of benzene rings is 1. The Hall–Kier alpha value is -1.81. The van der Waals surface area contributed by atoms with Crippen molar-refractivity contribution < 1.29 is 9.53 Å². The summed E-state index contributed by atoms with van der Waals surface area (Å²) in [5.74, 6) is -0.213. The molecule has 0 spiro atoms. The van der Waals surface area contributed by atoms with Crippen molar-refractivity contribution in [3.8, 4) is 0 Å². The number of carbonyl (C=O) groups is 1. The summed E-state index contributed by atoms with van der Waals surface area (Å²) in [6.07, 6.45) is 4.11. The van der Waals surface area contributed by atoms with Crippen molar-refractivity contribution in [3.63, 3.8) is 0 Å². The van der Waals surface area contributed by atoms with Crippen molar-refractivity contribution in [2.45, 2.75) is 6.42 Å². The number of rotatable bonds is 4. The Labute approximate surface area is 114 Å². The van der Waals surface area contributed by atoms with Gasteiger partial charge in [0.15, 0.2) is 0 Å². The molecule has 0 aromatic heterocycles. The van der Waals surface area contributed by atoms with Gasteiger partial charge >= 0.3 is 5.97 Å². The van der Waals surface area contributed by atoms with Crippen LogP contribution in [0.1, 0.15) is 12.0 Å². The van der Waals surface area contributed by atoms with Crippen LogP contribution in [0.5, 0.6) is 0 Å². The Morgan fingerprint density at radius 3 is 2.95 bits per heavy atom. The fraction of sp³-hybridized carbons (Fsp3) is 0.400. The second-order valence-electron chi connectivity index (χ2n) is 4.51. The minimum atomic E-state index is -0.213. The zero-order valence-corrected chi connectivity index (χ0v) is 11.3. The molecule has 1 aliphatic rings. The first-order valence-electron chi connectivity index (χ1n) is 6.58. The number of nitrogens with one attached hydrogen (secondary N) is 1. The average molecular weight is 260 g/mol. The van der Waals surface area contributed by atoms with Crippen LogP contribution in [0.3, 0.4) is 0 Å². The molecule has 1 saturated heterocycles. The predicted molar refractivity (Wildman–Crippen MR) is 77.2 cm³/mol. The predicted octanol–water partition coefficient (Wildman–Crippen LogP) is 1.67. The van der Waals surface area contributed by atoms with E-state index in [9.17, 15) is 4.79 Å². The Bertz CT molecular complexity index is 451. The van der Waals surface area contributed by atoms with E-state index in [0.29, 0.717) is 6.42 Å². The van der Waals surface area contributed by atoms with Crippen molar-refractivity contribution in [1.29, 1.82) is 0 Å². The van der Waals surface area contributed by atoms with Gasteiger partial charge in [-0.1, -0.05) is 24.3 Å². The molecule has 0 unspecified atom stereocenters. The van der Waals surface area contributed by atoms with Crippen molar-refractivity contribution >= 4 is 17.7 Å². The third-order valence-electron chi connectivity index (χ3n) is 3.17. The van der Waals surface area contributed by atoms with Crippen LogP contribution in [-0.2, 0) is 9.53 Å². The zero-order chi connectivity index (χ0) is 13.5. The first-order chi connectivity index (χ1) is 9.29. The van der Waals surface area contributed by atoms with E-state index in [1.807, 2.05) is 18.2 Å². The molecule has 4 nitrogen and oxygen atoms in total. The van der Waals surface area contributed by atoms with Gasteiger partial charge in [-0.3, -0.25) is 4.79 Å². The Morgan fingerprint density at radius 1 is 1.42 bits per heavy atom. The monoisotopic (exact) mass is 260 g/mol. The van der Waals surface area contributed by atoms with E-state index >= 15 is 0 Å². The highest BCUT2D eigenvalue weighted by molar-refractivity contribution is 5.72. The van der Waals surface area contributed by atoms with Gasteiger partial charge in [0.25, 0.3) is 0 Å². The SMILES string of the molecule is COC(=O)CC=Cc1cccc(N2CCNCC2)c1. The summed E-state index contributed by atoms with van der Waals surface area (Å²) >= 11 is 0. The molecule has 4 heteroatoms. The highest BCUT2D eigenvalue weighted by atomic mass is 16.5. The van der Waals surface area contributed by atoms with Gasteiger partial charge in [0, 0.05) is 31.9 Å². The first kappa shape index (κ1) is 13.6. The van der Waals surface area contributed by atoms with E-state index < -0.39 is 0 Å². The van der Waals surface area contributed by atoms with Gasteiger partial charge < -0.3 is 15.0 Å². The van der Waals surface area contributed by atoms with Crippen LogP contribution in [0.25, 0.3) is 6.08 Å². The summed E-state index contributed by atoms with van der Waals surface area (Å²) in [5.41, 5.74) is 2.35. The fourth-order valence-electron chi connectivity index (χ4n) is 2.12. The van der Waals surface area contributed by atoms with E-state index in [4.69, 9.17) is 0 Å². The topological polar surface area (TPSA) is 41.6 Å². The molecule has 1 heterocycles. The van der Waals surface area contributed by atoms with Crippen LogP contribution >= 0.6 is 0 Å². The minimum Gasteiger partial charge on any atom is -0.469 e. The third-order valence-corrected chi connectivity index (χ3v) is 3.17. The lowest BCUT2D eigenvalue weighted by Gasteiger charge is -2.29. The van der Waals surface area contributed by atoms with Gasteiger partial charge in [0.2, 0.25) is 0 Å². The first-order valence-corrected chi connectivity index (χ1v) is 6.58. The molecule has 0 radical (unpaired) electrons. The van der Waals surface area contributed by atoms with E-state index in [-0.39, 0.29) is 5.97 Å². The van der Waals surface area contributed by atoms with E-state index in [1.165, 1.54) is 12.8 Å². The number of carbonyl (C=O) groups excluding carboxylic acids is 1. The van der Waals surface area contributed by atoms with E-state index in [2.05, 4.69) is 33.2 Å². The number of methoxy groups -OCH3 is 1. The van der Waals surface area contributed by atoms with Gasteiger partial charge in [-0.15, -0.1) is 0 Å². The number of esters is 1. The maximum absolute atomic E-state index is 11.0. The number of hydrogen-bond donors (Lipinski definition) is 1. The van der Waals surface area contributed by atoms with E-state index in [1.54, 1.807) is 0 Å². The highest BCUT2D eigenvalue weighted by Gasteiger charge is 2.09. The lowest BCUT2D eigenvalue weighted by Crippen LogP contribution is -2.43. The van der Waals surface area contributed by atoms with Gasteiger partial charge in [0.1, 0.15) is 0 Å². The summed E-state index contributed by atoms with van der Waals surface area (Å²) < 4.78 is 4.60. The second kappa shape index (κ2) is 6.95. The standard InChI is InChI=1S/C15H20N2O2/c1-19-15(18)7-3-5-13-4-2-6-14(12-13)17-10-8-16-9-11-17/h2-6,12,16H,7-11H2,1H3. The van der Waals surface area contributed by atoms with Gasteiger partial charge in [-0.25, -0.2) is 0 Å². The van der Waals surface area contributed by atoms with Gasteiger partial charge in [0.05, 0.1) is 13.5 Å². The molecule has 1 fully saturated rings. The molecule has 1 aromatic rings. The zero-order valence-electron chi connectivity index (χ0n) is 11.3. The maximum Gasteiger partial charge on any atom is 0.309 e. The summed E-state index contributed by atoms with van der Waals surface area (Å²) in [4.78, 5) is 13.4. The van der Waals surface area contributed by atoms with Gasteiger partial charge in [-0.05, 0) is 17.7 Å². The smallest absolute Gasteiger partial charge is 0.309 e. The quantitative estimate of drug-likeness (QED) is 0.836. The minimum absolute atomic E-state index is 0.213. The second-order valence-corrected chi connectivity index (χ2v) is 4.51. The Morgan fingerprint density at radius 2 is 2.21 bits per heavy atom. The van der Waals surface area contributed by atoms with Crippen molar-refractivity contribution in [1.82, 2.24) is 5.32 Å². The van der Waals surface area contributed by atoms with E-state index in [0.717, 1.165) is 31.7 Å². The molecule has 1 N–H and O–H groups in total. The molecule has 0 aliphatic carbocycles. The summed E-state index contributed by atoms with van der Waals surface area (Å²) in [7, 11) is 1.40. The van der Waals surface area contributed by atoms with Crippen LogP contribution in [0.15, 0.2) is 30.3 Å². The number of anilines is 1. The van der Waals surface area contributed by atoms with Crippen LogP contribution in [0.2, 0.25) is 0 Å². The van der Waals surface area contributed by atoms with Crippen molar-refractivity contribution in [3.05, 3.63) is 35.9 Å². The summed E-state index contributed by atoms with van der Waals surface area (Å²) in [5, 5.41) is 3.35. The summed E-state index contributed by atoms with van der Waals surface area (Å²) in [6, 6.07) is 8.37. The lowest BCUT2D eigenvalue weighted by atomic mass is 10.1. The number of piperazine rings is 1. The Balaban J connectivity index is 2.00. The highest BCUT2D eigenvalue weighted by Crippen LogP contribution is 2.17. The molecule has 0 atom stereocenters. The van der Waals surface area contributed by atoms with Crippen LogP contribution in [0, 0.1) is 0 Å². The fourth-order valence-corrected chi connectivity index (χ4v) is 2.12. The van der Waals surface area contributed by atoms with Crippen molar-refractivity contribution in [2.75, 3.05) is 38.2 Å². The molecule has 102 valence electrons. The van der Waals surface area contributed by atoms with Gasteiger partial charge in [-0.2, -0.15) is 0 Å². The lowest BCUT2D eigenvalue weighted by molar-refractivity contribution is -0.139.